The molecule has 0 radical (unpaired) electrons. The van der Waals surface area contributed by atoms with Crippen molar-refractivity contribution in [3.8, 4) is 5.75 Å². The maximum absolute atomic E-state index is 14.0. The number of likely N-dealkylation sites (tertiary alicyclic amines) is 1. The van der Waals surface area contributed by atoms with Gasteiger partial charge in [0.25, 0.3) is 5.91 Å². The van der Waals surface area contributed by atoms with E-state index >= 15 is 0 Å². The van der Waals surface area contributed by atoms with Gasteiger partial charge in [-0.1, -0.05) is 23.7 Å². The molecule has 4 rings (SSSR count). The van der Waals surface area contributed by atoms with Gasteiger partial charge in [0.2, 0.25) is 5.91 Å². The summed E-state index contributed by atoms with van der Waals surface area (Å²) in [6.45, 7) is 1.70. The highest BCUT2D eigenvalue weighted by Crippen LogP contribution is 2.48. The Kier molecular flexibility index (Phi) is 6.19. The second kappa shape index (κ2) is 8.87. The maximum atomic E-state index is 14.0. The fourth-order valence-electron chi connectivity index (χ4n) is 4.35. The van der Waals surface area contributed by atoms with Crippen molar-refractivity contribution < 1.29 is 18.7 Å². The maximum Gasteiger partial charge on any atom is 0.253 e. The minimum Gasteiger partial charge on any atom is -0.494 e. The van der Waals surface area contributed by atoms with E-state index in [1.807, 2.05) is 24.3 Å². The number of carbonyl (C=O) groups is 2. The van der Waals surface area contributed by atoms with E-state index < -0.39 is 11.2 Å². The minimum atomic E-state index is -0.550. The predicted octanol–water partition coefficient (Wildman–Crippen LogP) is 4.19. The number of piperidine rings is 1. The molecule has 1 saturated carbocycles. The summed E-state index contributed by atoms with van der Waals surface area (Å²) < 4.78 is 18.9. The molecule has 2 fully saturated rings. The fourth-order valence-corrected chi connectivity index (χ4v) is 4.47. The zero-order valence-electron chi connectivity index (χ0n) is 17.5. The molecule has 7 heteroatoms. The summed E-state index contributed by atoms with van der Waals surface area (Å²) in [4.78, 5) is 27.5. The number of hydrogen-bond donors (Lipinski definition) is 1. The van der Waals surface area contributed by atoms with Crippen molar-refractivity contribution in [3.63, 3.8) is 0 Å². The third-order valence-corrected chi connectivity index (χ3v) is 6.59. The highest BCUT2D eigenvalue weighted by atomic mass is 35.5. The zero-order valence-corrected chi connectivity index (χ0v) is 18.3. The summed E-state index contributed by atoms with van der Waals surface area (Å²) in [5.74, 6) is -0.421. The molecule has 1 aliphatic carbocycles. The van der Waals surface area contributed by atoms with Crippen LogP contribution in [0.25, 0.3) is 0 Å². The van der Waals surface area contributed by atoms with Crippen molar-refractivity contribution in [2.75, 3.05) is 26.7 Å². The Morgan fingerprint density at radius 2 is 1.97 bits per heavy atom. The normalized spacial score (nSPS) is 19.6. The molecule has 0 bridgehead atoms. The van der Waals surface area contributed by atoms with Gasteiger partial charge in [-0.25, -0.2) is 4.39 Å². The van der Waals surface area contributed by atoms with Crippen LogP contribution in [0, 0.1) is 11.7 Å². The monoisotopic (exact) mass is 444 g/mol. The molecule has 1 aliphatic heterocycles. The quantitative estimate of drug-likeness (QED) is 0.726. The minimum absolute atomic E-state index is 0.0375. The lowest BCUT2D eigenvalue weighted by Gasteiger charge is -2.33. The summed E-state index contributed by atoms with van der Waals surface area (Å²) in [6, 6.07) is 11.7. The van der Waals surface area contributed by atoms with Crippen molar-refractivity contribution in [1.29, 1.82) is 0 Å². The van der Waals surface area contributed by atoms with Crippen LogP contribution in [0.2, 0.25) is 5.02 Å². The molecule has 0 unspecified atom stereocenters. The van der Waals surface area contributed by atoms with Gasteiger partial charge in [-0.05, 0) is 67.5 Å². The number of ether oxygens (including phenoxy) is 1. The third kappa shape index (κ3) is 4.54. The fraction of sp³-hybridized carbons (Fsp3) is 0.417. The van der Waals surface area contributed by atoms with Crippen LogP contribution in [0.5, 0.6) is 5.75 Å². The molecule has 0 aromatic heterocycles. The van der Waals surface area contributed by atoms with Crippen LogP contribution in [-0.2, 0) is 10.2 Å². The van der Waals surface area contributed by atoms with Crippen molar-refractivity contribution in [2.24, 2.45) is 5.92 Å². The topological polar surface area (TPSA) is 58.6 Å². The van der Waals surface area contributed by atoms with E-state index in [0.717, 1.165) is 31.2 Å². The Morgan fingerprint density at radius 1 is 1.23 bits per heavy atom. The molecule has 1 atom stereocenters. The van der Waals surface area contributed by atoms with E-state index in [4.69, 9.17) is 16.3 Å². The first kappa shape index (κ1) is 21.6. The number of rotatable bonds is 6. The second-order valence-electron chi connectivity index (χ2n) is 8.41. The van der Waals surface area contributed by atoms with Crippen LogP contribution < -0.4 is 10.1 Å². The molecule has 31 heavy (non-hydrogen) atoms. The van der Waals surface area contributed by atoms with Gasteiger partial charge < -0.3 is 15.0 Å². The van der Waals surface area contributed by atoms with Crippen LogP contribution in [-0.4, -0.2) is 43.5 Å². The molecule has 2 aromatic carbocycles. The lowest BCUT2D eigenvalue weighted by molar-refractivity contribution is -0.123. The highest BCUT2D eigenvalue weighted by molar-refractivity contribution is 6.30. The summed E-state index contributed by atoms with van der Waals surface area (Å²) in [5, 5.41) is 3.76. The van der Waals surface area contributed by atoms with Gasteiger partial charge in [0.15, 0.2) is 11.6 Å². The van der Waals surface area contributed by atoms with Crippen LogP contribution in [0.4, 0.5) is 4.39 Å². The average molecular weight is 445 g/mol. The molecular weight excluding hydrogens is 419 g/mol. The Hall–Kier alpha value is -2.60. The van der Waals surface area contributed by atoms with Gasteiger partial charge in [0, 0.05) is 30.2 Å². The lowest BCUT2D eigenvalue weighted by atomic mass is 9.93. The van der Waals surface area contributed by atoms with E-state index in [0.29, 0.717) is 30.2 Å². The molecular formula is C24H26ClFN2O3. The first-order valence-electron chi connectivity index (χ1n) is 10.6. The number of benzene rings is 2. The van der Waals surface area contributed by atoms with Gasteiger partial charge in [-0.15, -0.1) is 0 Å². The van der Waals surface area contributed by atoms with E-state index in [-0.39, 0.29) is 23.5 Å². The van der Waals surface area contributed by atoms with Crippen molar-refractivity contribution in [1.82, 2.24) is 10.2 Å². The molecule has 1 saturated heterocycles. The van der Waals surface area contributed by atoms with E-state index in [2.05, 4.69) is 5.32 Å². The summed E-state index contributed by atoms with van der Waals surface area (Å²) >= 11 is 5.97. The van der Waals surface area contributed by atoms with Gasteiger partial charge in [0.1, 0.15) is 0 Å². The highest BCUT2D eigenvalue weighted by Gasteiger charge is 2.51. The molecule has 164 valence electrons. The van der Waals surface area contributed by atoms with Crippen molar-refractivity contribution in [2.45, 2.75) is 31.1 Å². The Morgan fingerprint density at radius 3 is 2.61 bits per heavy atom. The molecule has 2 aliphatic rings. The van der Waals surface area contributed by atoms with Gasteiger partial charge in [0.05, 0.1) is 12.5 Å². The molecule has 1 N–H and O–H groups in total. The van der Waals surface area contributed by atoms with Crippen molar-refractivity contribution in [3.05, 3.63) is 64.4 Å². The smallest absolute Gasteiger partial charge is 0.253 e. The zero-order chi connectivity index (χ0) is 22.0. The Labute approximate surface area is 186 Å². The average Bonchev–Trinajstić information content (AvgIpc) is 3.59. The van der Waals surface area contributed by atoms with Gasteiger partial charge in [-0.3, -0.25) is 9.59 Å². The van der Waals surface area contributed by atoms with Crippen molar-refractivity contribution >= 4 is 23.4 Å². The number of hydrogen-bond acceptors (Lipinski definition) is 3. The van der Waals surface area contributed by atoms with Crippen LogP contribution in [0.1, 0.15) is 41.6 Å². The van der Waals surface area contributed by atoms with E-state index in [9.17, 15) is 14.0 Å². The molecule has 0 spiro atoms. The number of amides is 2. The number of methoxy groups -OCH3 is 1. The summed E-state index contributed by atoms with van der Waals surface area (Å²) in [7, 11) is 1.39. The molecule has 5 nitrogen and oxygen atoms in total. The predicted molar refractivity (Wildman–Crippen MR) is 117 cm³/mol. The summed E-state index contributed by atoms with van der Waals surface area (Å²) in [6.07, 6.45) is 3.46. The van der Waals surface area contributed by atoms with E-state index in [1.165, 1.54) is 19.2 Å². The third-order valence-electron chi connectivity index (χ3n) is 6.34. The Balaban J connectivity index is 1.35. The van der Waals surface area contributed by atoms with Crippen LogP contribution >= 0.6 is 11.6 Å². The largest absolute Gasteiger partial charge is 0.494 e. The van der Waals surface area contributed by atoms with Crippen LogP contribution in [0.15, 0.2) is 42.5 Å². The van der Waals surface area contributed by atoms with Gasteiger partial charge >= 0.3 is 0 Å². The standard InChI is InChI=1S/C24H26ClFN2O3/c1-31-21-9-4-17(13-20(21)26)22(29)28-12-2-3-16(15-28)14-27-23(30)24(10-11-24)18-5-7-19(25)8-6-18/h4-9,13,16H,2-3,10-12,14-15H2,1H3,(H,27,30)/t16-/m1/s1. The van der Waals surface area contributed by atoms with Gasteiger partial charge in [-0.2, -0.15) is 0 Å². The van der Waals surface area contributed by atoms with E-state index in [1.54, 1.807) is 11.0 Å². The number of carbonyl (C=O) groups excluding carboxylic acids is 2. The first-order chi connectivity index (χ1) is 14.9. The van der Waals surface area contributed by atoms with Crippen LogP contribution in [0.3, 0.4) is 0 Å². The number of nitrogens with zero attached hydrogens (tertiary/aromatic N) is 1. The molecule has 2 aromatic rings. The second-order valence-corrected chi connectivity index (χ2v) is 8.84. The first-order valence-corrected chi connectivity index (χ1v) is 11.0. The SMILES string of the molecule is COc1ccc(C(=O)N2CCC[C@H](CNC(=O)C3(c4ccc(Cl)cc4)CC3)C2)cc1F. The number of nitrogens with one attached hydrogen (secondary N) is 1. The number of halogens is 2. The molecule has 2 amide bonds. The molecule has 1 heterocycles. The lowest BCUT2D eigenvalue weighted by Crippen LogP contribution is -2.45. The summed E-state index contributed by atoms with van der Waals surface area (Å²) in [5.41, 5.74) is 0.856. The Bertz CT molecular complexity index is 975.